The first-order chi connectivity index (χ1) is 7.75. The highest BCUT2D eigenvalue weighted by Gasteiger charge is 2.09. The van der Waals surface area contributed by atoms with Gasteiger partial charge in [-0.15, -0.1) is 11.3 Å². The van der Waals surface area contributed by atoms with E-state index in [2.05, 4.69) is 24.0 Å². The third kappa shape index (κ3) is 1.44. The summed E-state index contributed by atoms with van der Waals surface area (Å²) in [6.45, 7) is 2.10. The van der Waals surface area contributed by atoms with Crippen LogP contribution in [-0.2, 0) is 0 Å². The summed E-state index contributed by atoms with van der Waals surface area (Å²) in [5.74, 6) is 0. The predicted molar refractivity (Wildman–Crippen MR) is 68.3 cm³/mol. The number of halogens is 1. The predicted octanol–water partition coefficient (Wildman–Crippen LogP) is 4.02. The molecule has 0 fully saturated rings. The summed E-state index contributed by atoms with van der Waals surface area (Å²) in [5, 5.41) is 0.682. The molecule has 0 saturated carbocycles. The van der Waals surface area contributed by atoms with Crippen LogP contribution in [0.4, 0.5) is 0 Å². The first kappa shape index (κ1) is 9.87. The Morgan fingerprint density at radius 1 is 1.31 bits per heavy atom. The zero-order valence-electron chi connectivity index (χ0n) is 8.64. The van der Waals surface area contributed by atoms with Crippen molar-refractivity contribution in [3.63, 3.8) is 0 Å². The van der Waals surface area contributed by atoms with Gasteiger partial charge in [-0.3, -0.25) is 4.40 Å². The third-order valence-corrected chi connectivity index (χ3v) is 3.80. The quantitative estimate of drug-likeness (QED) is 0.636. The topological polar surface area (TPSA) is 17.3 Å². The number of aryl methyl sites for hydroxylation is 1. The van der Waals surface area contributed by atoms with Gasteiger partial charge in [0.1, 0.15) is 0 Å². The molecule has 0 bridgehead atoms. The van der Waals surface area contributed by atoms with Gasteiger partial charge in [0.2, 0.25) is 0 Å². The number of nitrogens with zero attached hydrogens (tertiary/aromatic N) is 2. The van der Waals surface area contributed by atoms with Gasteiger partial charge in [-0.2, -0.15) is 0 Å². The molecule has 3 heterocycles. The van der Waals surface area contributed by atoms with E-state index in [1.165, 1.54) is 9.75 Å². The van der Waals surface area contributed by atoms with Gasteiger partial charge in [-0.05, 0) is 31.2 Å². The molecular formula is C12H9ClN2S. The molecule has 4 heteroatoms. The largest absolute Gasteiger partial charge is 0.298 e. The van der Waals surface area contributed by atoms with Crippen LogP contribution in [0.3, 0.4) is 0 Å². The number of imidazole rings is 1. The Morgan fingerprint density at radius 3 is 2.94 bits per heavy atom. The number of rotatable bonds is 1. The molecule has 3 aromatic rings. The molecule has 0 aliphatic carbocycles. The van der Waals surface area contributed by atoms with Crippen LogP contribution in [0.15, 0.2) is 36.7 Å². The maximum atomic E-state index is 6.08. The first-order valence-electron chi connectivity index (χ1n) is 4.94. The molecule has 2 nitrogen and oxygen atoms in total. The van der Waals surface area contributed by atoms with E-state index in [0.29, 0.717) is 5.02 Å². The maximum Gasteiger partial charge on any atom is 0.156 e. The fourth-order valence-corrected chi connectivity index (χ4v) is 2.82. The zero-order chi connectivity index (χ0) is 11.1. The summed E-state index contributed by atoms with van der Waals surface area (Å²) in [6.07, 6.45) is 3.85. The number of hydrogen-bond acceptors (Lipinski definition) is 2. The maximum absolute atomic E-state index is 6.08. The van der Waals surface area contributed by atoms with E-state index in [0.717, 1.165) is 11.3 Å². The Bertz CT molecular complexity index is 654. The summed E-state index contributed by atoms with van der Waals surface area (Å²) in [5.41, 5.74) is 1.90. The van der Waals surface area contributed by atoms with Crippen molar-refractivity contribution in [1.29, 1.82) is 0 Å². The second-order valence-corrected chi connectivity index (χ2v) is 5.30. The molecule has 3 rings (SSSR count). The first-order valence-corrected chi connectivity index (χ1v) is 6.13. The minimum Gasteiger partial charge on any atom is -0.298 e. The average molecular weight is 249 g/mol. The Hall–Kier alpha value is -1.32. The highest BCUT2D eigenvalue weighted by Crippen LogP contribution is 2.29. The number of fused-ring (bicyclic) bond motifs is 1. The molecule has 0 aliphatic heterocycles. The third-order valence-electron chi connectivity index (χ3n) is 2.48. The van der Waals surface area contributed by atoms with E-state index in [1.54, 1.807) is 11.3 Å². The molecule has 0 unspecified atom stereocenters. The summed E-state index contributed by atoms with van der Waals surface area (Å²) in [7, 11) is 0. The molecule has 0 N–H and O–H groups in total. The van der Waals surface area contributed by atoms with Crippen molar-refractivity contribution < 1.29 is 0 Å². The highest BCUT2D eigenvalue weighted by molar-refractivity contribution is 7.15. The summed E-state index contributed by atoms with van der Waals surface area (Å²) in [4.78, 5) is 6.85. The molecule has 0 saturated heterocycles. The zero-order valence-corrected chi connectivity index (χ0v) is 10.2. The van der Waals surface area contributed by atoms with Crippen molar-refractivity contribution in [3.05, 3.63) is 46.6 Å². The van der Waals surface area contributed by atoms with Crippen molar-refractivity contribution in [2.45, 2.75) is 6.92 Å². The molecule has 0 aliphatic rings. The Morgan fingerprint density at radius 2 is 2.19 bits per heavy atom. The molecule has 0 spiro atoms. The Balaban J connectivity index is 2.29. The lowest BCUT2D eigenvalue weighted by Crippen LogP contribution is -1.85. The van der Waals surface area contributed by atoms with Crippen molar-refractivity contribution in [3.8, 4) is 10.6 Å². The van der Waals surface area contributed by atoms with Gasteiger partial charge < -0.3 is 0 Å². The molecular weight excluding hydrogens is 240 g/mol. The second kappa shape index (κ2) is 3.61. The normalized spacial score (nSPS) is 11.1. The van der Waals surface area contributed by atoms with Crippen LogP contribution in [-0.4, -0.2) is 9.38 Å². The van der Waals surface area contributed by atoms with Crippen LogP contribution in [0.25, 0.3) is 16.2 Å². The number of thiophene rings is 1. The minimum absolute atomic E-state index is 0.682. The van der Waals surface area contributed by atoms with Gasteiger partial charge in [-0.25, -0.2) is 4.98 Å². The van der Waals surface area contributed by atoms with Crippen LogP contribution in [0.1, 0.15) is 4.88 Å². The number of aromatic nitrogens is 2. The van der Waals surface area contributed by atoms with Gasteiger partial charge in [0.15, 0.2) is 5.65 Å². The van der Waals surface area contributed by atoms with Gasteiger partial charge in [0, 0.05) is 11.1 Å². The molecule has 0 atom stereocenters. The molecule has 16 heavy (non-hydrogen) atoms. The molecule has 80 valence electrons. The lowest BCUT2D eigenvalue weighted by Gasteiger charge is -1.99. The molecule has 0 amide bonds. The van der Waals surface area contributed by atoms with Crippen molar-refractivity contribution >= 4 is 28.6 Å². The summed E-state index contributed by atoms with van der Waals surface area (Å²) in [6, 6.07) is 8.02. The van der Waals surface area contributed by atoms with E-state index in [1.807, 2.05) is 28.9 Å². The molecule has 0 aromatic carbocycles. The Labute approximate surface area is 102 Å². The van der Waals surface area contributed by atoms with E-state index >= 15 is 0 Å². The van der Waals surface area contributed by atoms with E-state index < -0.39 is 0 Å². The van der Waals surface area contributed by atoms with Crippen LogP contribution < -0.4 is 0 Å². The number of pyridine rings is 1. The monoisotopic (exact) mass is 248 g/mol. The van der Waals surface area contributed by atoms with Crippen molar-refractivity contribution in [2.75, 3.05) is 0 Å². The molecule has 3 aromatic heterocycles. The van der Waals surface area contributed by atoms with E-state index in [-0.39, 0.29) is 0 Å². The minimum atomic E-state index is 0.682. The Kier molecular flexibility index (Phi) is 2.23. The van der Waals surface area contributed by atoms with Crippen molar-refractivity contribution in [1.82, 2.24) is 9.38 Å². The standard InChI is InChI=1S/C12H9ClN2S/c1-8-4-5-11(16-8)10-7-14-12-9(13)3-2-6-15(10)12/h2-7H,1H3. The lowest BCUT2D eigenvalue weighted by atomic mass is 10.3. The van der Waals surface area contributed by atoms with Crippen LogP contribution in [0.5, 0.6) is 0 Å². The lowest BCUT2D eigenvalue weighted by molar-refractivity contribution is 1.20. The van der Waals surface area contributed by atoms with Gasteiger partial charge >= 0.3 is 0 Å². The fraction of sp³-hybridized carbons (Fsp3) is 0.0833. The second-order valence-electron chi connectivity index (χ2n) is 3.60. The van der Waals surface area contributed by atoms with E-state index in [4.69, 9.17) is 11.6 Å². The van der Waals surface area contributed by atoms with E-state index in [9.17, 15) is 0 Å². The van der Waals surface area contributed by atoms with Gasteiger partial charge in [-0.1, -0.05) is 11.6 Å². The highest BCUT2D eigenvalue weighted by atomic mass is 35.5. The van der Waals surface area contributed by atoms with Gasteiger partial charge in [0.05, 0.1) is 21.8 Å². The van der Waals surface area contributed by atoms with Crippen LogP contribution >= 0.6 is 22.9 Å². The molecule has 0 radical (unpaired) electrons. The van der Waals surface area contributed by atoms with Crippen molar-refractivity contribution in [2.24, 2.45) is 0 Å². The summed E-state index contributed by atoms with van der Waals surface area (Å²) >= 11 is 7.85. The SMILES string of the molecule is Cc1ccc(-c2cnc3c(Cl)cccn23)s1. The number of hydrogen-bond donors (Lipinski definition) is 0. The fourth-order valence-electron chi connectivity index (χ4n) is 1.73. The van der Waals surface area contributed by atoms with Crippen LogP contribution in [0, 0.1) is 6.92 Å². The smallest absolute Gasteiger partial charge is 0.156 e. The van der Waals surface area contributed by atoms with Crippen LogP contribution in [0.2, 0.25) is 5.02 Å². The summed E-state index contributed by atoms with van der Waals surface area (Å²) < 4.78 is 2.02. The van der Waals surface area contributed by atoms with Gasteiger partial charge in [0.25, 0.3) is 0 Å². The average Bonchev–Trinajstić information content (AvgIpc) is 2.84.